The van der Waals surface area contributed by atoms with Gasteiger partial charge in [0, 0.05) is 12.3 Å². The Morgan fingerprint density at radius 3 is 2.70 bits per heavy atom. The molecule has 0 aromatic heterocycles. The molecule has 0 spiro atoms. The summed E-state index contributed by atoms with van der Waals surface area (Å²) in [5, 5.41) is 9.38. The number of aliphatic hydroxyl groups is 1. The van der Waals surface area contributed by atoms with Gasteiger partial charge >= 0.3 is 0 Å². The van der Waals surface area contributed by atoms with Crippen molar-refractivity contribution in [3.05, 3.63) is 12.3 Å². The van der Waals surface area contributed by atoms with Crippen molar-refractivity contribution in [2.45, 2.75) is 32.5 Å². The Morgan fingerprint density at radius 2 is 2.20 bits per heavy atom. The molecule has 1 saturated heterocycles. The zero-order chi connectivity index (χ0) is 7.72. The second kappa shape index (κ2) is 2.62. The topological polar surface area (TPSA) is 29.5 Å². The molecule has 3 unspecified atom stereocenters. The molecule has 1 aliphatic rings. The summed E-state index contributed by atoms with van der Waals surface area (Å²) in [6, 6.07) is 0. The van der Waals surface area contributed by atoms with E-state index in [0.717, 1.165) is 0 Å². The molecule has 3 atom stereocenters. The molecule has 58 valence electrons. The first-order chi connectivity index (χ1) is 4.61. The van der Waals surface area contributed by atoms with Gasteiger partial charge in [-0.25, -0.2) is 0 Å². The van der Waals surface area contributed by atoms with Crippen LogP contribution in [0.25, 0.3) is 0 Å². The highest BCUT2D eigenvalue weighted by atomic mass is 16.5. The van der Waals surface area contributed by atoms with E-state index in [1.54, 1.807) is 0 Å². The summed E-state index contributed by atoms with van der Waals surface area (Å²) in [7, 11) is 0. The molecule has 0 radical (unpaired) electrons. The second-order valence-corrected chi connectivity index (χ2v) is 2.99. The lowest BCUT2D eigenvalue weighted by Gasteiger charge is -2.32. The number of aliphatic hydroxyl groups excluding tert-OH is 1. The van der Waals surface area contributed by atoms with Gasteiger partial charge in [0.25, 0.3) is 0 Å². The highest BCUT2D eigenvalue weighted by Gasteiger charge is 2.28. The molecule has 0 aromatic rings. The molecule has 0 amide bonds. The van der Waals surface area contributed by atoms with Crippen molar-refractivity contribution in [1.29, 1.82) is 0 Å². The molecule has 0 saturated carbocycles. The van der Waals surface area contributed by atoms with Crippen molar-refractivity contribution in [3.8, 4) is 0 Å². The Labute approximate surface area is 61.5 Å². The highest BCUT2D eigenvalue weighted by Crippen LogP contribution is 2.25. The van der Waals surface area contributed by atoms with Crippen molar-refractivity contribution in [3.63, 3.8) is 0 Å². The van der Waals surface area contributed by atoms with Crippen molar-refractivity contribution < 1.29 is 9.84 Å². The van der Waals surface area contributed by atoms with Crippen LogP contribution in [0.4, 0.5) is 0 Å². The molecular formula is C8H14O2. The van der Waals surface area contributed by atoms with E-state index in [-0.39, 0.29) is 18.1 Å². The molecular weight excluding hydrogens is 128 g/mol. The molecule has 0 bridgehead atoms. The van der Waals surface area contributed by atoms with Crippen LogP contribution < -0.4 is 0 Å². The highest BCUT2D eigenvalue weighted by molar-refractivity contribution is 4.94. The number of hydrogen-bond acceptors (Lipinski definition) is 2. The van der Waals surface area contributed by atoms with Gasteiger partial charge in [0.05, 0.1) is 11.9 Å². The quantitative estimate of drug-likeness (QED) is 0.552. The predicted octanol–water partition coefficient (Wildman–Crippen LogP) is 1.31. The fourth-order valence-corrected chi connectivity index (χ4v) is 1.15. The maximum absolute atomic E-state index is 9.38. The van der Waals surface area contributed by atoms with E-state index in [2.05, 4.69) is 6.58 Å². The Bertz CT molecular complexity index is 128. The lowest BCUT2D eigenvalue weighted by molar-refractivity contribution is -0.0368. The SMILES string of the molecule is C=C1CC(O)C(C)C(C)O1. The molecule has 1 rings (SSSR count). The molecule has 0 aliphatic carbocycles. The minimum absolute atomic E-state index is 0.108. The van der Waals surface area contributed by atoms with Gasteiger partial charge in [-0.15, -0.1) is 0 Å². The maximum Gasteiger partial charge on any atom is 0.100 e. The van der Waals surface area contributed by atoms with Gasteiger partial charge in [-0.2, -0.15) is 0 Å². The van der Waals surface area contributed by atoms with Crippen molar-refractivity contribution in [1.82, 2.24) is 0 Å². The summed E-state index contributed by atoms with van der Waals surface area (Å²) in [5.74, 6) is 0.934. The zero-order valence-corrected chi connectivity index (χ0v) is 6.50. The Hall–Kier alpha value is -0.500. The lowest BCUT2D eigenvalue weighted by Crippen LogP contribution is -2.34. The maximum atomic E-state index is 9.38. The number of rotatable bonds is 0. The van der Waals surface area contributed by atoms with Crippen LogP contribution >= 0.6 is 0 Å². The number of ether oxygens (including phenoxy) is 1. The predicted molar refractivity (Wildman–Crippen MR) is 39.5 cm³/mol. The minimum Gasteiger partial charge on any atom is -0.495 e. The van der Waals surface area contributed by atoms with E-state index in [1.165, 1.54) is 0 Å². The minimum atomic E-state index is -0.267. The summed E-state index contributed by atoms with van der Waals surface area (Å²) in [6.07, 6.45) is 0.429. The average molecular weight is 142 g/mol. The molecule has 1 heterocycles. The zero-order valence-electron chi connectivity index (χ0n) is 6.50. The second-order valence-electron chi connectivity index (χ2n) is 2.99. The summed E-state index contributed by atoms with van der Waals surface area (Å²) < 4.78 is 5.31. The molecule has 2 nitrogen and oxygen atoms in total. The molecule has 0 aromatic carbocycles. The van der Waals surface area contributed by atoms with Crippen LogP contribution in [0.5, 0.6) is 0 Å². The Balaban J connectivity index is 2.57. The van der Waals surface area contributed by atoms with E-state index in [4.69, 9.17) is 4.74 Å². The van der Waals surface area contributed by atoms with E-state index >= 15 is 0 Å². The Kier molecular flexibility index (Phi) is 2.00. The van der Waals surface area contributed by atoms with Crippen LogP contribution in [0.1, 0.15) is 20.3 Å². The van der Waals surface area contributed by atoms with Gasteiger partial charge in [0.1, 0.15) is 6.10 Å². The third kappa shape index (κ3) is 1.32. The first kappa shape index (κ1) is 7.61. The summed E-state index contributed by atoms with van der Waals surface area (Å²) in [6.45, 7) is 7.61. The largest absolute Gasteiger partial charge is 0.495 e. The van der Waals surface area contributed by atoms with Crippen LogP contribution in [0.3, 0.4) is 0 Å². The van der Waals surface area contributed by atoms with Crippen molar-refractivity contribution >= 4 is 0 Å². The van der Waals surface area contributed by atoms with Gasteiger partial charge in [0.15, 0.2) is 0 Å². The summed E-state index contributed by atoms with van der Waals surface area (Å²) in [4.78, 5) is 0. The molecule has 10 heavy (non-hydrogen) atoms. The standard InChI is InChI=1S/C8H14O2/c1-5-4-8(9)6(2)7(3)10-5/h6-9H,1,4H2,2-3H3. The van der Waals surface area contributed by atoms with Crippen molar-refractivity contribution in [2.24, 2.45) is 5.92 Å². The normalized spacial score (nSPS) is 41.1. The van der Waals surface area contributed by atoms with Gasteiger partial charge in [-0.1, -0.05) is 13.5 Å². The van der Waals surface area contributed by atoms with Crippen LogP contribution in [-0.2, 0) is 4.74 Å². The van der Waals surface area contributed by atoms with Crippen LogP contribution in [-0.4, -0.2) is 17.3 Å². The van der Waals surface area contributed by atoms with E-state index in [1.807, 2.05) is 13.8 Å². The Morgan fingerprint density at radius 1 is 1.60 bits per heavy atom. The van der Waals surface area contributed by atoms with Gasteiger partial charge in [-0.05, 0) is 6.92 Å². The third-order valence-corrected chi connectivity index (χ3v) is 2.14. The van der Waals surface area contributed by atoms with E-state index < -0.39 is 0 Å². The fourth-order valence-electron chi connectivity index (χ4n) is 1.15. The fraction of sp³-hybridized carbons (Fsp3) is 0.750. The summed E-state index contributed by atoms with van der Waals surface area (Å²) >= 11 is 0. The number of hydrogen-bond donors (Lipinski definition) is 1. The lowest BCUT2D eigenvalue weighted by atomic mass is 9.93. The van der Waals surface area contributed by atoms with Crippen LogP contribution in [0.2, 0.25) is 0 Å². The average Bonchev–Trinajstić information content (AvgIpc) is 1.82. The molecule has 1 aliphatic heterocycles. The van der Waals surface area contributed by atoms with E-state index in [0.29, 0.717) is 12.2 Å². The van der Waals surface area contributed by atoms with Gasteiger partial charge in [-0.3, -0.25) is 0 Å². The van der Waals surface area contributed by atoms with E-state index in [9.17, 15) is 5.11 Å². The first-order valence-corrected chi connectivity index (χ1v) is 3.63. The van der Waals surface area contributed by atoms with Gasteiger partial charge < -0.3 is 9.84 Å². The molecule has 1 N–H and O–H groups in total. The summed E-state index contributed by atoms with van der Waals surface area (Å²) in [5.41, 5.74) is 0. The monoisotopic (exact) mass is 142 g/mol. The van der Waals surface area contributed by atoms with Gasteiger partial charge in [0.2, 0.25) is 0 Å². The van der Waals surface area contributed by atoms with Crippen LogP contribution in [0.15, 0.2) is 12.3 Å². The molecule has 2 heteroatoms. The first-order valence-electron chi connectivity index (χ1n) is 3.63. The van der Waals surface area contributed by atoms with Crippen molar-refractivity contribution in [2.75, 3.05) is 0 Å². The van der Waals surface area contributed by atoms with Crippen LogP contribution in [0, 0.1) is 5.92 Å². The third-order valence-electron chi connectivity index (χ3n) is 2.14. The molecule has 1 fully saturated rings. The smallest absolute Gasteiger partial charge is 0.100 e.